The molecule has 0 saturated carbocycles. The first-order valence-electron chi connectivity index (χ1n) is 9.12. The average molecular weight is 320 g/mol. The number of phenols is 1. The summed E-state index contributed by atoms with van der Waals surface area (Å²) in [4.78, 5) is 11.5. The van der Waals surface area contributed by atoms with E-state index in [1.54, 1.807) is 12.1 Å². The van der Waals surface area contributed by atoms with Crippen LogP contribution < -0.4 is 4.74 Å². The normalized spacial score (nSPS) is 10.7. The summed E-state index contributed by atoms with van der Waals surface area (Å²) in [7, 11) is 0. The zero-order valence-electron chi connectivity index (χ0n) is 14.8. The van der Waals surface area contributed by atoms with Crippen molar-refractivity contribution in [1.29, 1.82) is 0 Å². The molecule has 0 atom stereocenters. The van der Waals surface area contributed by atoms with Crippen molar-refractivity contribution in [2.24, 2.45) is 0 Å². The number of aromatic hydroxyl groups is 1. The minimum absolute atomic E-state index is 0.00178. The molecule has 3 heteroatoms. The van der Waals surface area contributed by atoms with Crippen LogP contribution in [-0.4, -0.2) is 17.5 Å². The van der Waals surface area contributed by atoms with Crippen LogP contribution in [0.25, 0.3) is 0 Å². The van der Waals surface area contributed by atoms with Gasteiger partial charge in [0.05, 0.1) is 6.61 Å². The molecule has 0 saturated heterocycles. The number of Topliss-reactive ketones (excluding diaryl/α,β-unsaturated/α-hetero) is 1. The van der Waals surface area contributed by atoms with Crippen molar-refractivity contribution >= 4 is 5.78 Å². The minimum atomic E-state index is -0.166. The summed E-state index contributed by atoms with van der Waals surface area (Å²) in [5.74, 6) is 0.327. The third-order valence-corrected chi connectivity index (χ3v) is 4.11. The predicted molar refractivity (Wildman–Crippen MR) is 95.5 cm³/mol. The van der Waals surface area contributed by atoms with E-state index in [4.69, 9.17) is 4.74 Å². The van der Waals surface area contributed by atoms with Gasteiger partial charge in [-0.3, -0.25) is 4.79 Å². The molecular formula is C20H32O3. The lowest BCUT2D eigenvalue weighted by atomic mass is 10.1. The van der Waals surface area contributed by atoms with E-state index in [9.17, 15) is 9.90 Å². The van der Waals surface area contributed by atoms with Gasteiger partial charge >= 0.3 is 0 Å². The van der Waals surface area contributed by atoms with Crippen molar-refractivity contribution in [1.82, 2.24) is 0 Å². The molecule has 0 aliphatic rings. The van der Waals surface area contributed by atoms with Crippen molar-refractivity contribution in [3.8, 4) is 11.5 Å². The number of carbonyl (C=O) groups is 1. The number of unbranched alkanes of at least 4 members (excludes halogenated alkanes) is 9. The van der Waals surface area contributed by atoms with Gasteiger partial charge < -0.3 is 9.84 Å². The second kappa shape index (κ2) is 12.0. The molecule has 1 rings (SSSR count). The molecule has 0 aliphatic carbocycles. The first-order chi connectivity index (χ1) is 11.2. The Kier molecular flexibility index (Phi) is 10.2. The van der Waals surface area contributed by atoms with Gasteiger partial charge in [-0.25, -0.2) is 0 Å². The molecule has 3 nitrogen and oxygen atoms in total. The minimum Gasteiger partial charge on any atom is -0.507 e. The molecule has 0 heterocycles. The molecule has 0 unspecified atom stereocenters. The first kappa shape index (κ1) is 19.5. The number of rotatable bonds is 13. The Labute approximate surface area is 141 Å². The zero-order chi connectivity index (χ0) is 16.9. The van der Waals surface area contributed by atoms with Crippen LogP contribution in [0.3, 0.4) is 0 Å². The van der Waals surface area contributed by atoms with Gasteiger partial charge in [-0.1, -0.05) is 70.8 Å². The van der Waals surface area contributed by atoms with E-state index in [0.29, 0.717) is 17.9 Å². The van der Waals surface area contributed by atoms with E-state index in [-0.39, 0.29) is 11.5 Å². The molecule has 0 amide bonds. The quantitative estimate of drug-likeness (QED) is 0.364. The van der Waals surface area contributed by atoms with Crippen LogP contribution in [0.15, 0.2) is 18.2 Å². The van der Waals surface area contributed by atoms with Crippen LogP contribution in [0.4, 0.5) is 0 Å². The Bertz CT molecular complexity index is 454. The highest BCUT2D eigenvalue weighted by atomic mass is 16.5. The molecule has 1 N–H and O–H groups in total. The molecule has 23 heavy (non-hydrogen) atoms. The Hall–Kier alpha value is -1.51. The van der Waals surface area contributed by atoms with E-state index in [0.717, 1.165) is 12.8 Å². The van der Waals surface area contributed by atoms with Crippen LogP contribution in [-0.2, 0) is 0 Å². The van der Waals surface area contributed by atoms with Gasteiger partial charge in [0.25, 0.3) is 0 Å². The fraction of sp³-hybridized carbons (Fsp3) is 0.650. The van der Waals surface area contributed by atoms with Crippen molar-refractivity contribution < 1.29 is 14.6 Å². The summed E-state index contributed by atoms with van der Waals surface area (Å²) in [5, 5.41) is 9.74. The molecule has 1 aromatic rings. The van der Waals surface area contributed by atoms with Crippen molar-refractivity contribution in [2.75, 3.05) is 6.61 Å². The Balaban J connectivity index is 2.10. The van der Waals surface area contributed by atoms with E-state index >= 15 is 0 Å². The summed E-state index contributed by atoms with van der Waals surface area (Å²) >= 11 is 0. The highest BCUT2D eigenvalue weighted by molar-refractivity contribution is 5.99. The lowest BCUT2D eigenvalue weighted by Crippen LogP contribution is -2.03. The van der Waals surface area contributed by atoms with Crippen molar-refractivity contribution in [3.05, 3.63) is 23.8 Å². The highest BCUT2D eigenvalue weighted by Crippen LogP contribution is 2.28. The fourth-order valence-electron chi connectivity index (χ4n) is 2.77. The summed E-state index contributed by atoms with van der Waals surface area (Å²) in [6.07, 6.45) is 12.8. The number of carbonyl (C=O) groups excluding carboxylic acids is 1. The largest absolute Gasteiger partial charge is 0.507 e. The van der Waals surface area contributed by atoms with E-state index in [1.807, 2.05) is 0 Å². The van der Waals surface area contributed by atoms with E-state index < -0.39 is 0 Å². The van der Waals surface area contributed by atoms with Crippen LogP contribution in [0.2, 0.25) is 0 Å². The van der Waals surface area contributed by atoms with Crippen LogP contribution in [0.1, 0.15) is 88.4 Å². The summed E-state index contributed by atoms with van der Waals surface area (Å²) < 4.78 is 5.67. The number of benzene rings is 1. The average Bonchev–Trinajstić information content (AvgIpc) is 2.52. The van der Waals surface area contributed by atoms with E-state index in [2.05, 4.69) is 6.92 Å². The van der Waals surface area contributed by atoms with Crippen molar-refractivity contribution in [2.45, 2.75) is 78.1 Å². The standard InChI is InChI=1S/C20H32O3/c1-3-4-5-6-7-8-9-10-11-12-16-23-19-15-13-14-18(22)20(19)17(2)21/h13-15,22H,3-12,16H2,1-2H3. The monoisotopic (exact) mass is 320 g/mol. The van der Waals surface area contributed by atoms with Crippen LogP contribution >= 0.6 is 0 Å². The van der Waals surface area contributed by atoms with Gasteiger partial charge in [-0.15, -0.1) is 0 Å². The van der Waals surface area contributed by atoms with Gasteiger partial charge in [0.2, 0.25) is 0 Å². The topological polar surface area (TPSA) is 46.5 Å². The Morgan fingerprint density at radius 3 is 2.09 bits per heavy atom. The first-order valence-corrected chi connectivity index (χ1v) is 9.12. The fourth-order valence-corrected chi connectivity index (χ4v) is 2.77. The van der Waals surface area contributed by atoms with Gasteiger partial charge in [0.15, 0.2) is 5.78 Å². The van der Waals surface area contributed by atoms with Crippen molar-refractivity contribution in [3.63, 3.8) is 0 Å². The number of phenolic OH excluding ortho intramolecular Hbond substituents is 1. The summed E-state index contributed by atoms with van der Waals surface area (Å²) in [6, 6.07) is 4.96. The molecular weight excluding hydrogens is 288 g/mol. The molecule has 0 spiro atoms. The zero-order valence-corrected chi connectivity index (χ0v) is 14.8. The van der Waals surface area contributed by atoms with Crippen LogP contribution in [0.5, 0.6) is 11.5 Å². The maximum Gasteiger partial charge on any atom is 0.167 e. The molecule has 0 radical (unpaired) electrons. The molecule has 0 aliphatic heterocycles. The molecule has 130 valence electrons. The third-order valence-electron chi connectivity index (χ3n) is 4.11. The maximum absolute atomic E-state index is 11.5. The van der Waals surface area contributed by atoms with Gasteiger partial charge in [0, 0.05) is 0 Å². The lowest BCUT2D eigenvalue weighted by molar-refractivity contribution is 0.101. The molecule has 0 aromatic heterocycles. The number of ketones is 1. The highest BCUT2D eigenvalue weighted by Gasteiger charge is 2.13. The number of ether oxygens (including phenoxy) is 1. The van der Waals surface area contributed by atoms with Gasteiger partial charge in [-0.05, 0) is 25.5 Å². The summed E-state index contributed by atoms with van der Waals surface area (Å²) in [5.41, 5.74) is 0.291. The molecule has 1 aromatic carbocycles. The number of hydrogen-bond donors (Lipinski definition) is 1. The number of hydrogen-bond acceptors (Lipinski definition) is 3. The predicted octanol–water partition coefficient (Wildman–Crippen LogP) is 5.89. The maximum atomic E-state index is 11.5. The lowest BCUT2D eigenvalue weighted by Gasteiger charge is -2.10. The van der Waals surface area contributed by atoms with E-state index in [1.165, 1.54) is 64.4 Å². The second-order valence-electron chi connectivity index (χ2n) is 6.24. The smallest absolute Gasteiger partial charge is 0.167 e. The van der Waals surface area contributed by atoms with Gasteiger partial charge in [-0.2, -0.15) is 0 Å². The molecule has 0 bridgehead atoms. The SMILES string of the molecule is CCCCCCCCCCCCOc1cccc(O)c1C(C)=O. The Morgan fingerprint density at radius 2 is 1.52 bits per heavy atom. The summed E-state index contributed by atoms with van der Waals surface area (Å²) in [6.45, 7) is 4.29. The Morgan fingerprint density at radius 1 is 0.957 bits per heavy atom. The van der Waals surface area contributed by atoms with Gasteiger partial charge in [0.1, 0.15) is 17.1 Å². The second-order valence-corrected chi connectivity index (χ2v) is 6.24. The van der Waals surface area contributed by atoms with Crippen LogP contribution in [0, 0.1) is 0 Å². The molecule has 0 fully saturated rings. The third kappa shape index (κ3) is 8.06.